The van der Waals surface area contributed by atoms with Crippen molar-refractivity contribution >= 4 is 57.1 Å². The lowest BCUT2D eigenvalue weighted by Crippen LogP contribution is -2.26. The van der Waals surface area contributed by atoms with Crippen molar-refractivity contribution in [3.05, 3.63) is 57.5 Å². The Labute approximate surface area is 165 Å². The molecule has 0 unspecified atom stereocenters. The predicted octanol–water partition coefficient (Wildman–Crippen LogP) is 4.80. The molecule has 4 nitrogen and oxygen atoms in total. The topological polar surface area (TPSA) is 44.7 Å². The molecule has 0 bridgehead atoms. The van der Waals surface area contributed by atoms with Gasteiger partial charge in [0.15, 0.2) is 0 Å². The van der Waals surface area contributed by atoms with Crippen LogP contribution in [0, 0.1) is 0 Å². The predicted molar refractivity (Wildman–Crippen MR) is 111 cm³/mol. The molecule has 2 aromatic rings. The number of carbonyl (C=O) groups excluding carboxylic acids is 1. The van der Waals surface area contributed by atoms with Crippen molar-refractivity contribution in [3.63, 3.8) is 0 Å². The number of carbonyl (C=O) groups is 1. The molecular weight excluding hydrogens is 422 g/mol. The van der Waals surface area contributed by atoms with E-state index in [1.54, 1.807) is 6.21 Å². The second-order valence-corrected chi connectivity index (χ2v) is 8.26. The lowest BCUT2D eigenvalue weighted by atomic mass is 10.2. The summed E-state index contributed by atoms with van der Waals surface area (Å²) in [5.41, 5.74) is 4.55. The minimum absolute atomic E-state index is 0.153. The number of benzene rings is 2. The first kappa shape index (κ1) is 19.8. The standard InChI is InChI=1S/C18H19BrClN3OS/c1-12(25-15-7-5-14(20)6-8-15)18(24)22-21-11-13-4-9-17(23(2)3)16(19)10-13/h4-12H,1-3H3,(H,22,24)/b21-11-/t12-/m0/s1. The number of halogens is 2. The maximum absolute atomic E-state index is 12.1. The average molecular weight is 441 g/mol. The molecule has 2 rings (SSSR count). The van der Waals surface area contributed by atoms with E-state index in [-0.39, 0.29) is 11.2 Å². The summed E-state index contributed by atoms with van der Waals surface area (Å²) in [6.45, 7) is 1.84. The fourth-order valence-electron chi connectivity index (χ4n) is 2.00. The van der Waals surface area contributed by atoms with Crippen LogP contribution in [0.2, 0.25) is 5.02 Å². The summed E-state index contributed by atoms with van der Waals surface area (Å²) in [5, 5.41) is 4.46. The van der Waals surface area contributed by atoms with Gasteiger partial charge in [-0.05, 0) is 64.8 Å². The normalized spacial score (nSPS) is 12.2. The Morgan fingerprint density at radius 2 is 1.96 bits per heavy atom. The fourth-order valence-corrected chi connectivity index (χ4v) is 3.74. The van der Waals surface area contributed by atoms with Gasteiger partial charge in [-0.1, -0.05) is 17.7 Å². The van der Waals surface area contributed by atoms with Crippen molar-refractivity contribution in [2.75, 3.05) is 19.0 Å². The van der Waals surface area contributed by atoms with Crippen LogP contribution in [-0.4, -0.2) is 31.5 Å². The molecule has 25 heavy (non-hydrogen) atoms. The third kappa shape index (κ3) is 6.06. The number of amides is 1. The lowest BCUT2D eigenvalue weighted by molar-refractivity contribution is -0.120. The molecule has 1 amide bonds. The molecule has 7 heteroatoms. The Bertz CT molecular complexity index is 765. The number of hydrazone groups is 1. The highest BCUT2D eigenvalue weighted by Gasteiger charge is 2.13. The maximum atomic E-state index is 12.1. The van der Waals surface area contributed by atoms with Crippen LogP contribution in [0.3, 0.4) is 0 Å². The molecule has 1 atom stereocenters. The zero-order valence-electron chi connectivity index (χ0n) is 14.2. The first-order chi connectivity index (χ1) is 11.9. The van der Waals surface area contributed by atoms with E-state index in [4.69, 9.17) is 11.6 Å². The molecule has 0 radical (unpaired) electrons. The minimum atomic E-state index is -0.263. The summed E-state index contributed by atoms with van der Waals surface area (Å²) in [5.74, 6) is -0.153. The van der Waals surface area contributed by atoms with Gasteiger partial charge in [0.2, 0.25) is 0 Å². The van der Waals surface area contributed by atoms with Gasteiger partial charge >= 0.3 is 0 Å². The number of hydrogen-bond donors (Lipinski definition) is 1. The molecule has 0 heterocycles. The van der Waals surface area contributed by atoms with Gasteiger partial charge in [0.05, 0.1) is 17.2 Å². The van der Waals surface area contributed by atoms with Crippen molar-refractivity contribution in [1.29, 1.82) is 0 Å². The fraction of sp³-hybridized carbons (Fsp3) is 0.222. The molecule has 0 aliphatic carbocycles. The summed E-state index contributed by atoms with van der Waals surface area (Å²) >= 11 is 10.8. The molecule has 0 saturated heterocycles. The first-order valence-corrected chi connectivity index (χ1v) is 9.64. The van der Waals surface area contributed by atoms with E-state index < -0.39 is 0 Å². The Kier molecular flexibility index (Phi) is 7.35. The van der Waals surface area contributed by atoms with Crippen molar-refractivity contribution in [2.45, 2.75) is 17.1 Å². The molecule has 0 fully saturated rings. The summed E-state index contributed by atoms with van der Waals surface area (Å²) in [6.07, 6.45) is 1.63. The molecule has 0 spiro atoms. The van der Waals surface area contributed by atoms with E-state index in [0.29, 0.717) is 5.02 Å². The zero-order valence-corrected chi connectivity index (χ0v) is 17.3. The summed E-state index contributed by atoms with van der Waals surface area (Å²) in [4.78, 5) is 15.1. The molecule has 0 aliphatic rings. The average Bonchev–Trinajstić information content (AvgIpc) is 2.56. The second-order valence-electron chi connectivity index (χ2n) is 5.55. The molecule has 2 aromatic carbocycles. The molecule has 0 aromatic heterocycles. The molecule has 0 aliphatic heterocycles. The quantitative estimate of drug-likeness (QED) is 0.399. The zero-order chi connectivity index (χ0) is 18.4. The van der Waals surface area contributed by atoms with Crippen LogP contribution < -0.4 is 10.3 Å². The van der Waals surface area contributed by atoms with E-state index in [1.165, 1.54) is 11.8 Å². The Morgan fingerprint density at radius 3 is 2.56 bits per heavy atom. The van der Waals surface area contributed by atoms with Gasteiger partial charge in [-0.2, -0.15) is 5.10 Å². The summed E-state index contributed by atoms with van der Waals surface area (Å²) in [6, 6.07) is 13.3. The molecular formula is C18H19BrClN3OS. The van der Waals surface area contributed by atoms with Crippen LogP contribution in [0.15, 0.2) is 56.9 Å². The molecule has 132 valence electrons. The SMILES string of the molecule is C[C@H](Sc1ccc(Cl)cc1)C(=O)N/N=C\c1ccc(N(C)C)c(Br)c1. The van der Waals surface area contributed by atoms with Gasteiger partial charge in [-0.15, -0.1) is 11.8 Å². The van der Waals surface area contributed by atoms with Crippen LogP contribution in [0.4, 0.5) is 5.69 Å². The third-order valence-electron chi connectivity index (χ3n) is 3.34. The van der Waals surface area contributed by atoms with Gasteiger partial charge in [-0.3, -0.25) is 4.79 Å². The monoisotopic (exact) mass is 439 g/mol. The van der Waals surface area contributed by atoms with Gasteiger partial charge in [0, 0.05) is 28.5 Å². The molecule has 0 saturated carbocycles. The van der Waals surface area contributed by atoms with Crippen LogP contribution in [0.5, 0.6) is 0 Å². The number of anilines is 1. The largest absolute Gasteiger partial charge is 0.377 e. The highest BCUT2D eigenvalue weighted by Crippen LogP contribution is 2.26. The number of nitrogens with one attached hydrogen (secondary N) is 1. The number of rotatable bonds is 6. The Hall–Kier alpha value is -1.50. The van der Waals surface area contributed by atoms with E-state index in [1.807, 2.05) is 68.4 Å². The molecule has 1 N–H and O–H groups in total. The Morgan fingerprint density at radius 1 is 1.28 bits per heavy atom. The van der Waals surface area contributed by atoms with Gasteiger partial charge in [-0.25, -0.2) is 5.43 Å². The first-order valence-electron chi connectivity index (χ1n) is 7.59. The van der Waals surface area contributed by atoms with Gasteiger partial charge in [0.1, 0.15) is 0 Å². The number of nitrogens with zero attached hydrogens (tertiary/aromatic N) is 2. The van der Waals surface area contributed by atoms with E-state index >= 15 is 0 Å². The summed E-state index contributed by atoms with van der Waals surface area (Å²) in [7, 11) is 3.96. The number of hydrogen-bond acceptors (Lipinski definition) is 4. The third-order valence-corrected chi connectivity index (χ3v) is 5.34. The van der Waals surface area contributed by atoms with Crippen molar-refractivity contribution < 1.29 is 4.79 Å². The van der Waals surface area contributed by atoms with Crippen molar-refractivity contribution in [2.24, 2.45) is 5.10 Å². The second kappa shape index (κ2) is 9.27. The maximum Gasteiger partial charge on any atom is 0.253 e. The van der Waals surface area contributed by atoms with Crippen LogP contribution >= 0.6 is 39.3 Å². The van der Waals surface area contributed by atoms with Crippen LogP contribution in [0.1, 0.15) is 12.5 Å². The highest BCUT2D eigenvalue weighted by atomic mass is 79.9. The minimum Gasteiger partial charge on any atom is -0.377 e. The highest BCUT2D eigenvalue weighted by molar-refractivity contribution is 9.10. The smallest absolute Gasteiger partial charge is 0.253 e. The van der Waals surface area contributed by atoms with Crippen molar-refractivity contribution in [3.8, 4) is 0 Å². The Balaban J connectivity index is 1.91. The van der Waals surface area contributed by atoms with E-state index in [0.717, 1.165) is 20.6 Å². The van der Waals surface area contributed by atoms with Gasteiger partial charge < -0.3 is 4.90 Å². The number of thioether (sulfide) groups is 1. The van der Waals surface area contributed by atoms with E-state index in [2.05, 4.69) is 26.5 Å². The lowest BCUT2D eigenvalue weighted by Gasteiger charge is -2.14. The summed E-state index contributed by atoms with van der Waals surface area (Å²) < 4.78 is 0.972. The van der Waals surface area contributed by atoms with Crippen LogP contribution in [0.25, 0.3) is 0 Å². The van der Waals surface area contributed by atoms with E-state index in [9.17, 15) is 4.79 Å². The van der Waals surface area contributed by atoms with Gasteiger partial charge in [0.25, 0.3) is 5.91 Å². The van der Waals surface area contributed by atoms with Crippen LogP contribution in [-0.2, 0) is 4.79 Å². The van der Waals surface area contributed by atoms with Crippen molar-refractivity contribution in [1.82, 2.24) is 5.43 Å².